The quantitative estimate of drug-likeness (QED) is 0.204. The van der Waals surface area contributed by atoms with Gasteiger partial charge in [-0.3, -0.25) is 4.79 Å². The van der Waals surface area contributed by atoms with Gasteiger partial charge in [0.15, 0.2) is 5.78 Å². The number of hydrogen-bond acceptors (Lipinski definition) is 3. The van der Waals surface area contributed by atoms with Crippen LogP contribution in [0.25, 0.3) is 6.08 Å². The first-order valence-electron chi connectivity index (χ1n) is 8.07. The van der Waals surface area contributed by atoms with Gasteiger partial charge in [-0.25, -0.2) is 4.79 Å². The van der Waals surface area contributed by atoms with Crippen molar-refractivity contribution in [3.63, 3.8) is 0 Å². The molecule has 0 atom stereocenters. The van der Waals surface area contributed by atoms with Gasteiger partial charge in [0.1, 0.15) is 5.75 Å². The van der Waals surface area contributed by atoms with Crippen LogP contribution in [0.5, 0.6) is 5.75 Å². The van der Waals surface area contributed by atoms with E-state index in [-0.39, 0.29) is 5.78 Å². The molecule has 0 aliphatic heterocycles. The van der Waals surface area contributed by atoms with Gasteiger partial charge in [-0.2, -0.15) is 0 Å². The van der Waals surface area contributed by atoms with Gasteiger partial charge in [-0.15, -0.1) is 0 Å². The standard InChI is InChI=1S/C22H14BrClO3/c23-18-9-5-16(6-10-18)21(25)13-4-15-2-1-3-20(14-15)27-22(26)17-7-11-19(24)12-8-17/h1-14H. The van der Waals surface area contributed by atoms with Crippen molar-refractivity contribution in [3.05, 3.63) is 105 Å². The highest BCUT2D eigenvalue weighted by Crippen LogP contribution is 2.18. The summed E-state index contributed by atoms with van der Waals surface area (Å²) >= 11 is 9.16. The number of esters is 1. The number of ketones is 1. The minimum absolute atomic E-state index is 0.105. The number of halogens is 2. The Morgan fingerprint density at radius 3 is 2.26 bits per heavy atom. The molecule has 5 heteroatoms. The molecule has 0 unspecified atom stereocenters. The Morgan fingerprint density at radius 1 is 0.889 bits per heavy atom. The summed E-state index contributed by atoms with van der Waals surface area (Å²) in [6, 6.07) is 20.6. The molecule has 0 radical (unpaired) electrons. The van der Waals surface area contributed by atoms with Gasteiger partial charge in [0.2, 0.25) is 0 Å². The largest absolute Gasteiger partial charge is 0.423 e. The zero-order valence-corrected chi connectivity index (χ0v) is 16.4. The minimum atomic E-state index is -0.473. The van der Waals surface area contributed by atoms with Crippen LogP contribution in [0.4, 0.5) is 0 Å². The SMILES string of the molecule is O=C(C=Cc1cccc(OC(=O)c2ccc(Cl)cc2)c1)c1ccc(Br)cc1. The molecule has 0 aliphatic carbocycles. The van der Waals surface area contributed by atoms with Gasteiger partial charge in [-0.05, 0) is 72.3 Å². The van der Waals surface area contributed by atoms with E-state index in [0.29, 0.717) is 21.9 Å². The number of ether oxygens (including phenoxy) is 1. The van der Waals surface area contributed by atoms with Crippen LogP contribution in [0.1, 0.15) is 26.3 Å². The number of carbonyl (C=O) groups is 2. The number of rotatable bonds is 5. The summed E-state index contributed by atoms with van der Waals surface area (Å²) in [5.41, 5.74) is 1.76. The van der Waals surface area contributed by atoms with Gasteiger partial charge in [0, 0.05) is 15.1 Å². The highest BCUT2D eigenvalue weighted by atomic mass is 79.9. The van der Waals surface area contributed by atoms with Crippen LogP contribution in [-0.2, 0) is 0 Å². The highest BCUT2D eigenvalue weighted by Gasteiger charge is 2.08. The molecule has 3 aromatic carbocycles. The molecule has 0 saturated carbocycles. The Bertz CT molecular complexity index is 993. The van der Waals surface area contributed by atoms with E-state index in [0.717, 1.165) is 10.0 Å². The fraction of sp³-hybridized carbons (Fsp3) is 0. The second kappa shape index (κ2) is 8.80. The number of carbonyl (C=O) groups excluding carboxylic acids is 2. The molecule has 3 aromatic rings. The van der Waals surface area contributed by atoms with Crippen LogP contribution < -0.4 is 4.74 Å². The van der Waals surface area contributed by atoms with Crippen molar-refractivity contribution in [2.75, 3.05) is 0 Å². The average molecular weight is 442 g/mol. The first-order valence-corrected chi connectivity index (χ1v) is 9.24. The predicted octanol–water partition coefficient (Wildman–Crippen LogP) is 6.22. The second-order valence-electron chi connectivity index (χ2n) is 5.67. The lowest BCUT2D eigenvalue weighted by Gasteiger charge is -2.05. The zero-order valence-electron chi connectivity index (χ0n) is 14.1. The molecule has 0 aliphatic rings. The van der Waals surface area contributed by atoms with Crippen molar-refractivity contribution in [2.24, 2.45) is 0 Å². The smallest absolute Gasteiger partial charge is 0.343 e. The van der Waals surface area contributed by atoms with E-state index in [9.17, 15) is 9.59 Å². The third-order valence-corrected chi connectivity index (χ3v) is 4.49. The normalized spacial score (nSPS) is 10.7. The van der Waals surface area contributed by atoms with Crippen LogP contribution in [0.3, 0.4) is 0 Å². The van der Waals surface area contributed by atoms with Crippen LogP contribution in [0.2, 0.25) is 5.02 Å². The van der Waals surface area contributed by atoms with Crippen molar-refractivity contribution in [3.8, 4) is 5.75 Å². The van der Waals surface area contributed by atoms with Crippen molar-refractivity contribution in [1.82, 2.24) is 0 Å². The first kappa shape index (κ1) is 19.1. The van der Waals surface area contributed by atoms with E-state index in [4.69, 9.17) is 16.3 Å². The van der Waals surface area contributed by atoms with Crippen LogP contribution >= 0.6 is 27.5 Å². The van der Waals surface area contributed by atoms with E-state index < -0.39 is 5.97 Å². The molecule has 27 heavy (non-hydrogen) atoms. The molecule has 0 saturated heterocycles. The summed E-state index contributed by atoms with van der Waals surface area (Å²) in [6.07, 6.45) is 3.17. The number of allylic oxidation sites excluding steroid dienone is 1. The third-order valence-electron chi connectivity index (χ3n) is 3.70. The van der Waals surface area contributed by atoms with Crippen molar-refractivity contribution in [1.29, 1.82) is 0 Å². The molecule has 0 heterocycles. The molecule has 0 amide bonds. The Morgan fingerprint density at radius 2 is 1.56 bits per heavy atom. The second-order valence-corrected chi connectivity index (χ2v) is 7.03. The summed E-state index contributed by atoms with van der Waals surface area (Å²) in [5, 5.41) is 0.550. The monoisotopic (exact) mass is 440 g/mol. The van der Waals surface area contributed by atoms with Gasteiger partial charge in [-0.1, -0.05) is 45.7 Å². The lowest BCUT2D eigenvalue weighted by atomic mass is 10.1. The van der Waals surface area contributed by atoms with Gasteiger partial charge >= 0.3 is 5.97 Å². The maximum absolute atomic E-state index is 12.2. The first-order chi connectivity index (χ1) is 13.0. The molecule has 134 valence electrons. The molecule has 0 N–H and O–H groups in total. The summed E-state index contributed by atoms with van der Waals surface area (Å²) in [5.74, 6) is -0.182. The van der Waals surface area contributed by atoms with Crippen molar-refractivity contribution >= 4 is 45.4 Å². The van der Waals surface area contributed by atoms with Gasteiger partial charge < -0.3 is 4.74 Å². The molecule has 0 fully saturated rings. The minimum Gasteiger partial charge on any atom is -0.423 e. The fourth-order valence-corrected chi connectivity index (χ4v) is 2.71. The van der Waals surface area contributed by atoms with Crippen LogP contribution in [-0.4, -0.2) is 11.8 Å². The molecular weight excluding hydrogens is 428 g/mol. The third kappa shape index (κ3) is 5.39. The molecule has 0 aromatic heterocycles. The number of hydrogen-bond donors (Lipinski definition) is 0. The lowest BCUT2D eigenvalue weighted by Crippen LogP contribution is -2.08. The van der Waals surface area contributed by atoms with Crippen LogP contribution in [0, 0.1) is 0 Å². The predicted molar refractivity (Wildman–Crippen MR) is 110 cm³/mol. The Kier molecular flexibility index (Phi) is 6.22. The lowest BCUT2D eigenvalue weighted by molar-refractivity contribution is 0.0734. The molecule has 0 bridgehead atoms. The van der Waals surface area contributed by atoms with E-state index in [1.165, 1.54) is 6.08 Å². The van der Waals surface area contributed by atoms with Gasteiger partial charge in [0.05, 0.1) is 5.56 Å². The zero-order chi connectivity index (χ0) is 19.2. The molecule has 3 nitrogen and oxygen atoms in total. The maximum atomic E-state index is 12.2. The highest BCUT2D eigenvalue weighted by molar-refractivity contribution is 9.10. The molecular formula is C22H14BrClO3. The summed E-state index contributed by atoms with van der Waals surface area (Å²) < 4.78 is 6.29. The van der Waals surface area contributed by atoms with E-state index in [1.54, 1.807) is 60.7 Å². The van der Waals surface area contributed by atoms with Crippen LogP contribution in [0.15, 0.2) is 83.3 Å². The van der Waals surface area contributed by atoms with E-state index >= 15 is 0 Å². The summed E-state index contributed by atoms with van der Waals surface area (Å²) in [6.45, 7) is 0. The van der Waals surface area contributed by atoms with Crippen molar-refractivity contribution in [2.45, 2.75) is 0 Å². The van der Waals surface area contributed by atoms with E-state index in [1.807, 2.05) is 18.2 Å². The summed E-state index contributed by atoms with van der Waals surface area (Å²) in [4.78, 5) is 24.4. The Balaban J connectivity index is 1.69. The Hall–Kier alpha value is -2.69. The molecule has 0 spiro atoms. The molecule has 3 rings (SSSR count). The van der Waals surface area contributed by atoms with E-state index in [2.05, 4.69) is 15.9 Å². The maximum Gasteiger partial charge on any atom is 0.343 e. The van der Waals surface area contributed by atoms with Gasteiger partial charge in [0.25, 0.3) is 0 Å². The summed E-state index contributed by atoms with van der Waals surface area (Å²) in [7, 11) is 0. The van der Waals surface area contributed by atoms with Crippen molar-refractivity contribution < 1.29 is 14.3 Å². The number of benzene rings is 3. The Labute approximate surface area is 170 Å². The fourth-order valence-electron chi connectivity index (χ4n) is 2.32. The average Bonchev–Trinajstić information content (AvgIpc) is 2.67. The topological polar surface area (TPSA) is 43.4 Å².